The van der Waals surface area contributed by atoms with Crippen LogP contribution < -0.4 is 4.74 Å². The largest absolute Gasteiger partial charge is 0.468 e. The second-order valence-corrected chi connectivity index (χ2v) is 13.6. The van der Waals surface area contributed by atoms with E-state index >= 15 is 0 Å². The Morgan fingerprint density at radius 1 is 0.792 bits per heavy atom. The van der Waals surface area contributed by atoms with Crippen LogP contribution in [-0.4, -0.2) is 81.6 Å². The van der Waals surface area contributed by atoms with Crippen LogP contribution in [0, 0.1) is 0 Å². The summed E-state index contributed by atoms with van der Waals surface area (Å²) in [6, 6.07) is 38.8. The Morgan fingerprint density at radius 2 is 1.55 bits per heavy atom. The molecule has 1 heterocycles. The monoisotopic (exact) mass is 714 g/mol. The van der Waals surface area contributed by atoms with Gasteiger partial charge in [-0.25, -0.2) is 0 Å². The summed E-state index contributed by atoms with van der Waals surface area (Å²) in [4.78, 5) is 30.8. The first-order valence-corrected chi connectivity index (χ1v) is 18.5. The highest BCUT2D eigenvalue weighted by Gasteiger charge is 2.29. The molecule has 0 saturated carbocycles. The second kappa shape index (κ2) is 18.6. The highest BCUT2D eigenvalue weighted by Crippen LogP contribution is 2.29. The van der Waals surface area contributed by atoms with E-state index in [0.29, 0.717) is 50.0 Å². The minimum atomic E-state index is -0.499. The maximum absolute atomic E-state index is 13.6. The number of ether oxygens (including phenoxy) is 4. The smallest absolute Gasteiger partial charge is 0.253 e. The third-order valence-electron chi connectivity index (χ3n) is 9.92. The van der Waals surface area contributed by atoms with Gasteiger partial charge in [-0.15, -0.1) is 0 Å². The minimum Gasteiger partial charge on any atom is -0.468 e. The Morgan fingerprint density at radius 3 is 2.30 bits per heavy atom. The van der Waals surface area contributed by atoms with Crippen molar-refractivity contribution in [3.05, 3.63) is 138 Å². The number of hydrogen-bond donors (Lipinski definition) is 0. The fourth-order valence-electron chi connectivity index (χ4n) is 7.00. The van der Waals surface area contributed by atoms with Gasteiger partial charge in [0, 0.05) is 52.4 Å². The zero-order chi connectivity index (χ0) is 37.0. The van der Waals surface area contributed by atoms with Crippen molar-refractivity contribution >= 4 is 22.6 Å². The van der Waals surface area contributed by atoms with Crippen molar-refractivity contribution in [1.29, 1.82) is 0 Å². The highest BCUT2D eigenvalue weighted by molar-refractivity contribution is 5.98. The van der Waals surface area contributed by atoms with Gasteiger partial charge in [0.2, 0.25) is 0 Å². The van der Waals surface area contributed by atoms with Crippen LogP contribution in [-0.2, 0) is 32.0 Å². The zero-order valence-electron chi connectivity index (χ0n) is 31.0. The Bertz CT molecular complexity index is 1940. The van der Waals surface area contributed by atoms with Gasteiger partial charge in [0.05, 0.1) is 13.2 Å². The predicted octanol–water partition coefficient (Wildman–Crippen LogP) is 8.13. The van der Waals surface area contributed by atoms with Crippen molar-refractivity contribution in [1.82, 2.24) is 9.80 Å². The predicted molar refractivity (Wildman–Crippen MR) is 209 cm³/mol. The molecule has 1 saturated heterocycles. The molecule has 0 N–H and O–H groups in total. The molecule has 5 aromatic rings. The summed E-state index contributed by atoms with van der Waals surface area (Å²) in [7, 11) is 3.46. The molecule has 0 aromatic heterocycles. The summed E-state index contributed by atoms with van der Waals surface area (Å²) in [5.74, 6) is 1.23. The van der Waals surface area contributed by atoms with E-state index in [1.165, 1.54) is 5.56 Å². The summed E-state index contributed by atoms with van der Waals surface area (Å²) in [6.07, 6.45) is 1.98. The van der Waals surface area contributed by atoms with Gasteiger partial charge < -0.3 is 28.7 Å². The molecule has 0 radical (unpaired) electrons. The molecule has 8 nitrogen and oxygen atoms in total. The number of piperidine rings is 1. The first-order chi connectivity index (χ1) is 25.9. The lowest BCUT2D eigenvalue weighted by molar-refractivity contribution is -0.144. The van der Waals surface area contributed by atoms with Gasteiger partial charge in [0.1, 0.15) is 11.9 Å². The number of methoxy groups -OCH3 is 1. The van der Waals surface area contributed by atoms with Crippen molar-refractivity contribution in [3.63, 3.8) is 0 Å². The molecule has 0 bridgehead atoms. The molecule has 1 aliphatic heterocycles. The molecule has 1 unspecified atom stereocenters. The standard InChI is InChI=1S/C45H50N2O6/c1-4-52-43(45(49)47-23-21-37(22-24-47)35-10-6-5-7-11-35)28-33-13-15-36(16-14-33)38-12-8-9-34(27-38)31-46(2)44(48)41-18-17-40-30-42(20-19-39(40)29-41)53-32-51-26-25-50-3/h5-20,27,29-30,37,43H,4,21-26,28,31-32H2,1-3H3. The van der Waals surface area contributed by atoms with E-state index in [4.69, 9.17) is 18.9 Å². The summed E-state index contributed by atoms with van der Waals surface area (Å²) >= 11 is 0. The fraction of sp³-hybridized carbons (Fsp3) is 0.333. The molecular formula is C45H50N2O6. The average Bonchev–Trinajstić information content (AvgIpc) is 3.20. The molecule has 276 valence electrons. The number of fused-ring (bicyclic) bond motifs is 1. The second-order valence-electron chi connectivity index (χ2n) is 13.6. The lowest BCUT2D eigenvalue weighted by Gasteiger charge is -2.34. The van der Waals surface area contributed by atoms with Gasteiger partial charge in [-0.05, 0) is 94.6 Å². The van der Waals surface area contributed by atoms with Crippen molar-refractivity contribution < 1.29 is 28.5 Å². The van der Waals surface area contributed by atoms with Crippen LogP contribution in [0.4, 0.5) is 0 Å². The molecule has 0 spiro atoms. The maximum atomic E-state index is 13.6. The van der Waals surface area contributed by atoms with Gasteiger partial charge in [0.25, 0.3) is 11.8 Å². The van der Waals surface area contributed by atoms with Crippen molar-refractivity contribution in [2.24, 2.45) is 0 Å². The number of nitrogens with zero attached hydrogens (tertiary/aromatic N) is 2. The first-order valence-electron chi connectivity index (χ1n) is 18.5. The summed E-state index contributed by atoms with van der Waals surface area (Å²) in [6.45, 7) is 5.55. The van der Waals surface area contributed by atoms with E-state index in [1.54, 1.807) is 12.0 Å². The molecule has 53 heavy (non-hydrogen) atoms. The van der Waals surface area contributed by atoms with Gasteiger partial charge in [-0.1, -0.05) is 84.9 Å². The molecule has 0 aliphatic carbocycles. The quantitative estimate of drug-likeness (QED) is 0.0759. The number of amides is 2. The van der Waals surface area contributed by atoms with Crippen molar-refractivity contribution in [2.45, 2.75) is 44.8 Å². The topological polar surface area (TPSA) is 77.5 Å². The van der Waals surface area contributed by atoms with Crippen LogP contribution in [0.25, 0.3) is 21.9 Å². The number of hydrogen-bond acceptors (Lipinski definition) is 6. The lowest BCUT2D eigenvalue weighted by Crippen LogP contribution is -2.45. The molecule has 6 rings (SSSR count). The van der Waals surface area contributed by atoms with E-state index < -0.39 is 6.10 Å². The SMILES string of the molecule is CCOC(Cc1ccc(-c2cccc(CN(C)C(=O)c3ccc4cc(OCOCCOC)ccc4c3)c2)cc1)C(=O)N1CCC(c2ccccc2)CC1. The van der Waals surface area contributed by atoms with E-state index in [-0.39, 0.29) is 18.6 Å². The van der Waals surface area contributed by atoms with Crippen LogP contribution in [0.3, 0.4) is 0 Å². The molecule has 1 aliphatic rings. The van der Waals surface area contributed by atoms with Crippen LogP contribution in [0.15, 0.2) is 115 Å². The Hall–Kier alpha value is -5.02. The fourth-order valence-corrected chi connectivity index (χ4v) is 7.00. The molecule has 1 fully saturated rings. The number of likely N-dealkylation sites (tertiary alicyclic amines) is 1. The summed E-state index contributed by atoms with van der Waals surface area (Å²) < 4.78 is 22.1. The molecule has 5 aromatic carbocycles. The van der Waals surface area contributed by atoms with Gasteiger partial charge >= 0.3 is 0 Å². The maximum Gasteiger partial charge on any atom is 0.253 e. The molecular weight excluding hydrogens is 665 g/mol. The number of carbonyl (C=O) groups excluding carboxylic acids is 2. The molecule has 2 amide bonds. The Labute approximate surface area is 313 Å². The van der Waals surface area contributed by atoms with Gasteiger partial charge in [0.15, 0.2) is 6.79 Å². The van der Waals surface area contributed by atoms with Gasteiger partial charge in [-0.2, -0.15) is 0 Å². The first kappa shape index (κ1) is 37.7. The summed E-state index contributed by atoms with van der Waals surface area (Å²) in [5, 5.41) is 1.94. The van der Waals surface area contributed by atoms with Crippen LogP contribution >= 0.6 is 0 Å². The van der Waals surface area contributed by atoms with Crippen LogP contribution in [0.5, 0.6) is 5.75 Å². The third kappa shape index (κ3) is 10.1. The lowest BCUT2D eigenvalue weighted by atomic mass is 9.89. The highest BCUT2D eigenvalue weighted by atomic mass is 16.7. The number of benzene rings is 5. The molecule has 1 atom stereocenters. The van der Waals surface area contributed by atoms with E-state index in [2.05, 4.69) is 60.7 Å². The third-order valence-corrected chi connectivity index (χ3v) is 9.92. The van der Waals surface area contributed by atoms with Gasteiger partial charge in [-0.3, -0.25) is 9.59 Å². The van der Waals surface area contributed by atoms with E-state index in [1.807, 2.05) is 73.5 Å². The normalized spacial score (nSPS) is 13.9. The molecule has 8 heteroatoms. The summed E-state index contributed by atoms with van der Waals surface area (Å²) in [5.41, 5.74) is 6.23. The van der Waals surface area contributed by atoms with Crippen LogP contribution in [0.2, 0.25) is 0 Å². The van der Waals surface area contributed by atoms with E-state index in [0.717, 1.165) is 59.0 Å². The van der Waals surface area contributed by atoms with E-state index in [9.17, 15) is 9.59 Å². The van der Waals surface area contributed by atoms with Crippen molar-refractivity contribution in [3.8, 4) is 16.9 Å². The zero-order valence-corrected chi connectivity index (χ0v) is 31.0. The minimum absolute atomic E-state index is 0.0486. The number of carbonyl (C=O) groups is 2. The Balaban J connectivity index is 1.03. The van der Waals surface area contributed by atoms with Crippen molar-refractivity contribution in [2.75, 3.05) is 53.9 Å². The number of rotatable bonds is 16. The van der Waals surface area contributed by atoms with Crippen LogP contribution in [0.1, 0.15) is 52.7 Å². The Kier molecular flexibility index (Phi) is 13.3. The average molecular weight is 715 g/mol.